The van der Waals surface area contributed by atoms with Crippen molar-refractivity contribution in [2.24, 2.45) is 0 Å². The first-order chi connectivity index (χ1) is 8.67. The lowest BCUT2D eigenvalue weighted by Gasteiger charge is -2.02. The largest absolute Gasteiger partial charge is 0.493 e. The van der Waals surface area contributed by atoms with E-state index >= 15 is 0 Å². The summed E-state index contributed by atoms with van der Waals surface area (Å²) in [6, 6.07) is 8.28. The minimum absolute atomic E-state index is 0.315. The van der Waals surface area contributed by atoms with Crippen LogP contribution in [0.1, 0.15) is 31.4 Å². The molecular formula is C15H20N2O. The maximum absolute atomic E-state index is 10.2. The number of aryl methyl sites for hydroxylation is 2. The van der Waals surface area contributed by atoms with Gasteiger partial charge in [-0.2, -0.15) is 5.10 Å². The van der Waals surface area contributed by atoms with E-state index in [1.165, 1.54) is 5.56 Å². The highest BCUT2D eigenvalue weighted by atomic mass is 16.3. The Hall–Kier alpha value is -1.77. The Morgan fingerprint density at radius 3 is 2.39 bits per heavy atom. The van der Waals surface area contributed by atoms with Crippen molar-refractivity contribution >= 4 is 0 Å². The number of aromatic nitrogens is 2. The van der Waals surface area contributed by atoms with E-state index in [9.17, 15) is 5.11 Å². The summed E-state index contributed by atoms with van der Waals surface area (Å²) >= 11 is 0. The second kappa shape index (κ2) is 5.25. The van der Waals surface area contributed by atoms with Gasteiger partial charge in [0.25, 0.3) is 0 Å². The highest BCUT2D eigenvalue weighted by molar-refractivity contribution is 5.65. The Morgan fingerprint density at radius 1 is 1.17 bits per heavy atom. The zero-order valence-electron chi connectivity index (χ0n) is 11.3. The van der Waals surface area contributed by atoms with Crippen LogP contribution < -0.4 is 0 Å². The van der Waals surface area contributed by atoms with Crippen molar-refractivity contribution in [2.75, 3.05) is 0 Å². The van der Waals surface area contributed by atoms with Gasteiger partial charge in [-0.25, -0.2) is 4.68 Å². The molecule has 18 heavy (non-hydrogen) atoms. The van der Waals surface area contributed by atoms with Crippen LogP contribution in [-0.4, -0.2) is 14.9 Å². The molecule has 1 aromatic carbocycles. The highest BCUT2D eigenvalue weighted by Gasteiger charge is 2.16. The van der Waals surface area contributed by atoms with E-state index in [4.69, 9.17) is 0 Å². The molecule has 0 amide bonds. The lowest BCUT2D eigenvalue weighted by molar-refractivity contribution is 0.400. The maximum Gasteiger partial charge on any atom is 0.213 e. The molecule has 1 heterocycles. The van der Waals surface area contributed by atoms with Crippen LogP contribution in [0.25, 0.3) is 11.3 Å². The molecule has 0 aliphatic rings. The first-order valence-electron chi connectivity index (χ1n) is 6.53. The third-order valence-corrected chi connectivity index (χ3v) is 3.15. The molecule has 0 unspecified atom stereocenters. The highest BCUT2D eigenvalue weighted by Crippen LogP contribution is 2.30. The van der Waals surface area contributed by atoms with Crippen LogP contribution in [0.2, 0.25) is 0 Å². The Morgan fingerprint density at radius 2 is 1.83 bits per heavy atom. The van der Waals surface area contributed by atoms with Gasteiger partial charge in [-0.3, -0.25) is 0 Å². The van der Waals surface area contributed by atoms with E-state index in [2.05, 4.69) is 43.2 Å². The molecule has 1 N–H and O–H groups in total. The topological polar surface area (TPSA) is 38.0 Å². The normalized spacial score (nSPS) is 10.8. The summed E-state index contributed by atoms with van der Waals surface area (Å²) in [5.74, 6) is 0.315. The minimum Gasteiger partial charge on any atom is -0.493 e. The molecule has 3 nitrogen and oxygen atoms in total. The van der Waals surface area contributed by atoms with Crippen LogP contribution in [0.3, 0.4) is 0 Å². The van der Waals surface area contributed by atoms with E-state index in [0.29, 0.717) is 12.4 Å². The molecule has 0 aliphatic heterocycles. The molecule has 0 spiro atoms. The molecule has 0 atom stereocenters. The summed E-state index contributed by atoms with van der Waals surface area (Å²) in [6.07, 6.45) is 1.86. The van der Waals surface area contributed by atoms with Gasteiger partial charge >= 0.3 is 0 Å². The number of rotatable bonds is 4. The van der Waals surface area contributed by atoms with Crippen LogP contribution in [0.5, 0.6) is 5.88 Å². The molecule has 0 bridgehead atoms. The zero-order valence-corrected chi connectivity index (χ0v) is 11.3. The summed E-state index contributed by atoms with van der Waals surface area (Å²) in [5, 5.41) is 14.7. The van der Waals surface area contributed by atoms with Crippen molar-refractivity contribution in [1.82, 2.24) is 9.78 Å². The van der Waals surface area contributed by atoms with Crippen molar-refractivity contribution in [3.63, 3.8) is 0 Å². The lowest BCUT2D eigenvalue weighted by Crippen LogP contribution is -1.95. The average Bonchev–Trinajstić information content (AvgIpc) is 2.69. The molecule has 0 saturated heterocycles. The number of benzene rings is 1. The minimum atomic E-state index is 0.315. The fourth-order valence-electron chi connectivity index (χ4n) is 2.13. The monoisotopic (exact) mass is 244 g/mol. The average molecular weight is 244 g/mol. The van der Waals surface area contributed by atoms with E-state index in [1.54, 1.807) is 4.68 Å². The third-order valence-electron chi connectivity index (χ3n) is 3.15. The Bertz CT molecular complexity index is 526. The van der Waals surface area contributed by atoms with E-state index < -0.39 is 0 Å². The first kappa shape index (κ1) is 12.7. The molecule has 0 aliphatic carbocycles. The molecule has 0 radical (unpaired) electrons. The number of nitrogens with zero attached hydrogens (tertiary/aromatic N) is 2. The van der Waals surface area contributed by atoms with Crippen molar-refractivity contribution in [3.8, 4) is 17.1 Å². The van der Waals surface area contributed by atoms with Crippen molar-refractivity contribution < 1.29 is 5.11 Å². The van der Waals surface area contributed by atoms with Gasteiger partial charge in [0, 0.05) is 17.7 Å². The molecule has 0 fully saturated rings. The van der Waals surface area contributed by atoms with E-state index in [-0.39, 0.29) is 0 Å². The van der Waals surface area contributed by atoms with Crippen LogP contribution in [-0.2, 0) is 13.0 Å². The SMILES string of the molecule is CCCc1c(-c2ccc(C)cc2)nn(CC)c1O. The quantitative estimate of drug-likeness (QED) is 0.893. The summed E-state index contributed by atoms with van der Waals surface area (Å²) < 4.78 is 1.67. The second-order valence-electron chi connectivity index (χ2n) is 4.58. The third kappa shape index (κ3) is 2.26. The molecule has 2 aromatic rings. The van der Waals surface area contributed by atoms with Crippen LogP contribution in [0, 0.1) is 6.92 Å². The van der Waals surface area contributed by atoms with Gasteiger partial charge in [0.2, 0.25) is 5.88 Å². The number of aromatic hydroxyl groups is 1. The van der Waals surface area contributed by atoms with Gasteiger partial charge < -0.3 is 5.11 Å². The van der Waals surface area contributed by atoms with Gasteiger partial charge in [0.15, 0.2) is 0 Å². The fourth-order valence-corrected chi connectivity index (χ4v) is 2.13. The summed E-state index contributed by atoms with van der Waals surface area (Å²) in [7, 11) is 0. The molecule has 96 valence electrons. The van der Waals surface area contributed by atoms with Gasteiger partial charge in [-0.15, -0.1) is 0 Å². The Balaban J connectivity index is 2.51. The van der Waals surface area contributed by atoms with Crippen molar-refractivity contribution in [2.45, 2.75) is 40.2 Å². The molecule has 1 aromatic heterocycles. The molecule has 0 saturated carbocycles. The van der Waals surface area contributed by atoms with Gasteiger partial charge in [-0.1, -0.05) is 43.2 Å². The van der Waals surface area contributed by atoms with Crippen molar-refractivity contribution in [1.29, 1.82) is 0 Å². The Kier molecular flexibility index (Phi) is 3.70. The smallest absolute Gasteiger partial charge is 0.213 e. The zero-order chi connectivity index (χ0) is 13.1. The first-order valence-corrected chi connectivity index (χ1v) is 6.53. The second-order valence-corrected chi connectivity index (χ2v) is 4.58. The lowest BCUT2D eigenvalue weighted by atomic mass is 10.0. The van der Waals surface area contributed by atoms with Crippen LogP contribution in [0.15, 0.2) is 24.3 Å². The summed E-state index contributed by atoms with van der Waals surface area (Å²) in [6.45, 7) is 6.86. The standard InChI is InChI=1S/C15H20N2O/c1-4-6-13-14(16-17(5-2)15(13)18)12-9-7-11(3)8-10-12/h7-10,18H,4-6H2,1-3H3. The predicted molar refractivity (Wildman–Crippen MR) is 73.7 cm³/mol. The summed E-state index contributed by atoms with van der Waals surface area (Å²) in [5.41, 5.74) is 4.18. The van der Waals surface area contributed by atoms with Crippen LogP contribution >= 0.6 is 0 Å². The van der Waals surface area contributed by atoms with Gasteiger partial charge in [-0.05, 0) is 20.3 Å². The van der Waals surface area contributed by atoms with Crippen LogP contribution in [0.4, 0.5) is 0 Å². The van der Waals surface area contributed by atoms with Gasteiger partial charge in [0.1, 0.15) is 0 Å². The fraction of sp³-hybridized carbons (Fsp3) is 0.400. The molecule has 3 heteroatoms. The molecule has 2 rings (SSSR count). The molecular weight excluding hydrogens is 224 g/mol. The maximum atomic E-state index is 10.2. The number of hydrogen-bond donors (Lipinski definition) is 1. The van der Waals surface area contributed by atoms with Gasteiger partial charge in [0.05, 0.1) is 5.69 Å². The Labute approximate surface area is 108 Å². The van der Waals surface area contributed by atoms with E-state index in [0.717, 1.165) is 29.7 Å². The summed E-state index contributed by atoms with van der Waals surface area (Å²) in [4.78, 5) is 0. The number of hydrogen-bond acceptors (Lipinski definition) is 2. The predicted octanol–water partition coefficient (Wildman–Crippen LogP) is 3.54. The van der Waals surface area contributed by atoms with Crippen molar-refractivity contribution in [3.05, 3.63) is 35.4 Å². The van der Waals surface area contributed by atoms with E-state index in [1.807, 2.05) is 6.92 Å².